The minimum Gasteiger partial charge on any atom is -0.378 e. The number of carbonyl (C=O) groups excluding carboxylic acids is 1. The van der Waals surface area contributed by atoms with Crippen molar-refractivity contribution in [3.8, 4) is 0 Å². The summed E-state index contributed by atoms with van der Waals surface area (Å²) in [6, 6.07) is 6.39. The number of morpholine rings is 1. The fourth-order valence-corrected chi connectivity index (χ4v) is 4.59. The van der Waals surface area contributed by atoms with E-state index in [1.807, 2.05) is 0 Å². The molecule has 0 radical (unpaired) electrons. The third-order valence-electron chi connectivity index (χ3n) is 5.01. The smallest absolute Gasteiger partial charge is 0.275 e. The Morgan fingerprint density at radius 3 is 2.59 bits per heavy atom. The molecule has 1 aromatic carbocycles. The number of thiazole rings is 1. The fourth-order valence-electron chi connectivity index (χ4n) is 3.60. The van der Waals surface area contributed by atoms with Crippen molar-refractivity contribution in [2.24, 2.45) is 0 Å². The summed E-state index contributed by atoms with van der Waals surface area (Å²) < 4.78 is 6.18. The summed E-state index contributed by atoms with van der Waals surface area (Å²) in [6.07, 6.45) is 3.66. The molecular formula is C19H23BrN4O2S. The van der Waals surface area contributed by atoms with Crippen LogP contribution in [-0.4, -0.2) is 50.3 Å². The van der Waals surface area contributed by atoms with Crippen molar-refractivity contribution in [2.45, 2.75) is 19.3 Å². The van der Waals surface area contributed by atoms with Gasteiger partial charge in [0.1, 0.15) is 5.69 Å². The lowest BCUT2D eigenvalue weighted by Crippen LogP contribution is -2.36. The molecule has 3 heterocycles. The second-order valence-corrected chi connectivity index (χ2v) is 8.92. The molecule has 1 amide bonds. The van der Waals surface area contributed by atoms with Gasteiger partial charge in [0.15, 0.2) is 3.92 Å². The van der Waals surface area contributed by atoms with Crippen molar-refractivity contribution in [3.63, 3.8) is 0 Å². The molecule has 1 aromatic heterocycles. The molecule has 2 aliphatic heterocycles. The number of nitrogens with zero attached hydrogens (tertiary/aromatic N) is 3. The van der Waals surface area contributed by atoms with Crippen LogP contribution in [0.1, 0.15) is 29.8 Å². The van der Waals surface area contributed by atoms with Crippen LogP contribution in [-0.2, 0) is 4.74 Å². The van der Waals surface area contributed by atoms with E-state index in [0.717, 1.165) is 56.5 Å². The molecule has 1 N–H and O–H groups in total. The van der Waals surface area contributed by atoms with Gasteiger partial charge in [0.05, 0.1) is 24.6 Å². The minimum atomic E-state index is -0.172. The lowest BCUT2D eigenvalue weighted by atomic mass is 10.1. The quantitative estimate of drug-likeness (QED) is 0.762. The molecule has 0 bridgehead atoms. The highest BCUT2D eigenvalue weighted by Gasteiger charge is 2.20. The summed E-state index contributed by atoms with van der Waals surface area (Å²) >= 11 is 4.74. The van der Waals surface area contributed by atoms with Crippen LogP contribution in [0.15, 0.2) is 27.5 Å². The summed E-state index contributed by atoms with van der Waals surface area (Å²) in [4.78, 5) is 21.6. The van der Waals surface area contributed by atoms with E-state index in [1.54, 1.807) is 5.38 Å². The standard InChI is InChI=1S/C19H23BrN4O2S/c20-19-22-16(13-27-19)18(25)21-15-12-14(23-8-10-26-11-9-23)4-5-17(15)24-6-2-1-3-7-24/h4-5,12-13H,1-3,6-11H2,(H,21,25). The first-order valence-electron chi connectivity index (χ1n) is 9.35. The molecule has 2 aromatic rings. The average molecular weight is 451 g/mol. The van der Waals surface area contributed by atoms with E-state index in [2.05, 4.69) is 54.2 Å². The molecule has 0 spiro atoms. The van der Waals surface area contributed by atoms with E-state index < -0.39 is 0 Å². The molecule has 6 nitrogen and oxygen atoms in total. The third-order valence-corrected chi connectivity index (χ3v) is 6.38. The number of amides is 1. The zero-order chi connectivity index (χ0) is 18.6. The molecule has 2 saturated heterocycles. The molecule has 0 unspecified atom stereocenters. The number of piperidine rings is 1. The van der Waals surface area contributed by atoms with Gasteiger partial charge in [0, 0.05) is 37.2 Å². The number of aromatic nitrogens is 1. The fraction of sp³-hybridized carbons (Fsp3) is 0.474. The number of nitrogens with one attached hydrogen (secondary N) is 1. The third kappa shape index (κ3) is 4.44. The van der Waals surface area contributed by atoms with Gasteiger partial charge in [-0.3, -0.25) is 4.79 Å². The van der Waals surface area contributed by atoms with Crippen molar-refractivity contribution in [3.05, 3.63) is 33.2 Å². The normalized spacial score (nSPS) is 17.8. The maximum Gasteiger partial charge on any atom is 0.275 e. The Kier molecular flexibility index (Phi) is 5.95. The number of hydrogen-bond acceptors (Lipinski definition) is 6. The number of ether oxygens (including phenoxy) is 1. The SMILES string of the molecule is O=C(Nc1cc(N2CCOCC2)ccc1N1CCCCC1)c1csc(Br)n1. The Morgan fingerprint density at radius 2 is 1.89 bits per heavy atom. The van der Waals surface area contributed by atoms with Crippen LogP contribution in [0.5, 0.6) is 0 Å². The largest absolute Gasteiger partial charge is 0.378 e. The second-order valence-electron chi connectivity index (χ2n) is 6.79. The summed E-state index contributed by atoms with van der Waals surface area (Å²) in [5.74, 6) is -0.172. The van der Waals surface area contributed by atoms with Gasteiger partial charge in [-0.05, 0) is 53.4 Å². The van der Waals surface area contributed by atoms with E-state index in [0.29, 0.717) is 9.61 Å². The van der Waals surface area contributed by atoms with Crippen LogP contribution in [0.25, 0.3) is 0 Å². The molecule has 4 rings (SSSR count). The lowest BCUT2D eigenvalue weighted by molar-refractivity contribution is 0.102. The first kappa shape index (κ1) is 18.7. The van der Waals surface area contributed by atoms with Gasteiger partial charge < -0.3 is 19.9 Å². The molecular weight excluding hydrogens is 428 g/mol. The van der Waals surface area contributed by atoms with E-state index in [9.17, 15) is 4.79 Å². The number of rotatable bonds is 4. The van der Waals surface area contributed by atoms with Gasteiger partial charge in [-0.1, -0.05) is 0 Å². The van der Waals surface area contributed by atoms with Crippen LogP contribution in [0.4, 0.5) is 17.1 Å². The maximum absolute atomic E-state index is 12.7. The van der Waals surface area contributed by atoms with Crippen molar-refractivity contribution < 1.29 is 9.53 Å². The van der Waals surface area contributed by atoms with E-state index >= 15 is 0 Å². The molecule has 8 heteroatoms. The van der Waals surface area contributed by atoms with Crippen molar-refractivity contribution in [1.82, 2.24) is 4.98 Å². The number of benzene rings is 1. The van der Waals surface area contributed by atoms with Gasteiger partial charge in [0.2, 0.25) is 0 Å². The zero-order valence-corrected chi connectivity index (χ0v) is 17.5. The topological polar surface area (TPSA) is 57.7 Å². The van der Waals surface area contributed by atoms with Crippen molar-refractivity contribution >= 4 is 50.2 Å². The predicted molar refractivity (Wildman–Crippen MR) is 113 cm³/mol. The highest BCUT2D eigenvalue weighted by Crippen LogP contribution is 2.33. The molecule has 0 aliphatic carbocycles. The maximum atomic E-state index is 12.7. The number of carbonyl (C=O) groups is 1. The molecule has 27 heavy (non-hydrogen) atoms. The molecule has 144 valence electrons. The van der Waals surface area contributed by atoms with Gasteiger partial charge >= 0.3 is 0 Å². The predicted octanol–water partition coefficient (Wildman–Crippen LogP) is 3.98. The van der Waals surface area contributed by atoms with Crippen LogP contribution in [0.3, 0.4) is 0 Å². The average Bonchev–Trinajstić information content (AvgIpc) is 3.16. The summed E-state index contributed by atoms with van der Waals surface area (Å²) in [6.45, 7) is 5.28. The van der Waals surface area contributed by atoms with Crippen LogP contribution in [0, 0.1) is 0 Å². The van der Waals surface area contributed by atoms with Crippen LogP contribution < -0.4 is 15.1 Å². The molecule has 0 atom stereocenters. The molecule has 2 aliphatic rings. The Balaban J connectivity index is 1.62. The molecule has 0 saturated carbocycles. The second kappa shape index (κ2) is 8.58. The first-order valence-corrected chi connectivity index (χ1v) is 11.0. The highest BCUT2D eigenvalue weighted by atomic mass is 79.9. The van der Waals surface area contributed by atoms with E-state index in [1.165, 1.54) is 30.6 Å². The summed E-state index contributed by atoms with van der Waals surface area (Å²) in [7, 11) is 0. The monoisotopic (exact) mass is 450 g/mol. The Morgan fingerprint density at radius 1 is 1.11 bits per heavy atom. The van der Waals surface area contributed by atoms with E-state index in [-0.39, 0.29) is 5.91 Å². The van der Waals surface area contributed by atoms with Crippen molar-refractivity contribution in [1.29, 1.82) is 0 Å². The number of hydrogen-bond donors (Lipinski definition) is 1. The Hall–Kier alpha value is -1.64. The van der Waals surface area contributed by atoms with Gasteiger partial charge in [-0.15, -0.1) is 11.3 Å². The summed E-state index contributed by atoms with van der Waals surface area (Å²) in [5.41, 5.74) is 3.51. The van der Waals surface area contributed by atoms with E-state index in [4.69, 9.17) is 4.74 Å². The molecule has 2 fully saturated rings. The Bertz CT molecular complexity index is 801. The minimum absolute atomic E-state index is 0.172. The van der Waals surface area contributed by atoms with Gasteiger partial charge in [-0.2, -0.15) is 0 Å². The van der Waals surface area contributed by atoms with Gasteiger partial charge in [-0.25, -0.2) is 4.98 Å². The van der Waals surface area contributed by atoms with Gasteiger partial charge in [0.25, 0.3) is 5.91 Å². The number of anilines is 3. The Labute approximate surface area is 171 Å². The van der Waals surface area contributed by atoms with Crippen molar-refractivity contribution in [2.75, 3.05) is 54.5 Å². The lowest BCUT2D eigenvalue weighted by Gasteiger charge is -2.33. The number of halogens is 1. The first-order chi connectivity index (χ1) is 13.2. The zero-order valence-electron chi connectivity index (χ0n) is 15.1. The van der Waals surface area contributed by atoms with Crippen LogP contribution >= 0.6 is 27.3 Å². The highest BCUT2D eigenvalue weighted by molar-refractivity contribution is 9.11. The van der Waals surface area contributed by atoms with Crippen LogP contribution in [0.2, 0.25) is 0 Å². The summed E-state index contributed by atoms with van der Waals surface area (Å²) in [5, 5.41) is 4.87.